The Kier molecular flexibility index (Phi) is 4.24. The highest BCUT2D eigenvalue weighted by Crippen LogP contribution is 2.42. The number of nitrogens with zero attached hydrogens (tertiary/aromatic N) is 2. The van der Waals surface area contributed by atoms with E-state index in [-0.39, 0.29) is 16.5 Å². The number of carbonyl (C=O) groups excluding carboxylic acids is 1. The van der Waals surface area contributed by atoms with Crippen LogP contribution in [0.1, 0.15) is 28.3 Å². The van der Waals surface area contributed by atoms with Crippen LogP contribution in [0.2, 0.25) is 0 Å². The normalized spacial score (nSPS) is 20.7. The molecule has 0 saturated carbocycles. The first-order valence-corrected chi connectivity index (χ1v) is 7.94. The maximum Gasteiger partial charge on any atom is 0.438 e. The average molecular weight is 417 g/mol. The molecular weight excluding hydrogens is 405 g/mol. The maximum atomic E-state index is 13.5. The molecule has 1 atom stereocenters. The van der Waals surface area contributed by atoms with E-state index in [4.69, 9.17) is 4.42 Å². The van der Waals surface area contributed by atoms with Gasteiger partial charge in [-0.2, -0.15) is 23.3 Å². The molecule has 1 N–H and O–H groups in total. The van der Waals surface area contributed by atoms with Gasteiger partial charge in [0.05, 0.1) is 12.1 Å². The highest BCUT2D eigenvalue weighted by molar-refractivity contribution is 9.10. The molecule has 0 unspecified atom stereocenters. The minimum absolute atomic E-state index is 0.0443. The van der Waals surface area contributed by atoms with Crippen LogP contribution in [0.25, 0.3) is 0 Å². The largest absolute Gasteiger partial charge is 0.456 e. The third kappa shape index (κ3) is 3.09. The zero-order valence-electron chi connectivity index (χ0n) is 12.8. The van der Waals surface area contributed by atoms with Crippen molar-refractivity contribution in [3.63, 3.8) is 0 Å². The number of rotatable bonds is 2. The molecule has 1 aliphatic rings. The second kappa shape index (κ2) is 5.99. The lowest BCUT2D eigenvalue weighted by atomic mass is 10.0. The van der Waals surface area contributed by atoms with Gasteiger partial charge in [-0.1, -0.05) is 28.1 Å². The molecule has 1 aliphatic heterocycles. The summed E-state index contributed by atoms with van der Waals surface area (Å²) in [6.07, 6.45) is -5.96. The molecule has 1 aromatic heterocycles. The van der Waals surface area contributed by atoms with Gasteiger partial charge >= 0.3 is 12.1 Å². The van der Waals surface area contributed by atoms with Crippen molar-refractivity contribution >= 4 is 27.5 Å². The number of hydrogen-bond acceptors (Lipinski definition) is 4. The number of aryl methyl sites for hydroxylation is 1. The van der Waals surface area contributed by atoms with Gasteiger partial charge in [-0.3, -0.25) is 4.79 Å². The summed E-state index contributed by atoms with van der Waals surface area (Å²) in [5, 5.41) is 14.0. The van der Waals surface area contributed by atoms with Crippen molar-refractivity contribution in [2.75, 3.05) is 0 Å². The molecule has 5 nitrogen and oxygen atoms in total. The van der Waals surface area contributed by atoms with Crippen molar-refractivity contribution in [2.24, 2.45) is 5.10 Å². The summed E-state index contributed by atoms with van der Waals surface area (Å²) in [4.78, 5) is 12.4. The van der Waals surface area contributed by atoms with Gasteiger partial charge in [0.25, 0.3) is 5.72 Å². The van der Waals surface area contributed by atoms with Crippen LogP contribution in [-0.4, -0.2) is 33.6 Å². The van der Waals surface area contributed by atoms with Gasteiger partial charge in [0.15, 0.2) is 5.76 Å². The van der Waals surface area contributed by atoms with Crippen molar-refractivity contribution in [1.29, 1.82) is 0 Å². The molecule has 3 rings (SSSR count). The second-order valence-electron chi connectivity index (χ2n) is 5.57. The molecule has 1 amide bonds. The predicted octanol–water partition coefficient (Wildman–Crippen LogP) is 3.85. The van der Waals surface area contributed by atoms with E-state index in [2.05, 4.69) is 21.0 Å². The lowest BCUT2D eigenvalue weighted by Crippen LogP contribution is -2.56. The predicted molar refractivity (Wildman–Crippen MR) is 85.9 cm³/mol. The van der Waals surface area contributed by atoms with Gasteiger partial charge in [-0.15, -0.1) is 0 Å². The SMILES string of the molecule is Cc1ccc(C(=O)N2N=C(c3ccc(Br)cc3)C[C@]2(O)C(F)(F)F)o1. The van der Waals surface area contributed by atoms with Gasteiger partial charge in [-0.25, -0.2) is 0 Å². The standard InChI is InChI=1S/C16H12BrF3N2O3/c1-9-2-7-13(25-9)14(23)22-15(24,16(18,19)20)8-12(21-22)10-3-5-11(17)6-4-10/h2-7,24H,8H2,1H3/t15-/m0/s1. The Morgan fingerprint density at radius 1 is 1.28 bits per heavy atom. The molecule has 9 heteroatoms. The molecule has 0 fully saturated rings. The number of carbonyl (C=O) groups is 1. The fraction of sp³-hybridized carbons (Fsp3) is 0.250. The average Bonchev–Trinajstić information content (AvgIpc) is 3.11. The van der Waals surface area contributed by atoms with Crippen LogP contribution in [0.5, 0.6) is 0 Å². The minimum atomic E-state index is -5.09. The van der Waals surface area contributed by atoms with Gasteiger partial charge in [0, 0.05) is 4.47 Å². The molecular formula is C16H12BrF3N2O3. The first-order chi connectivity index (χ1) is 11.6. The summed E-state index contributed by atoms with van der Waals surface area (Å²) in [7, 11) is 0. The summed E-state index contributed by atoms with van der Waals surface area (Å²) >= 11 is 3.23. The lowest BCUT2D eigenvalue weighted by Gasteiger charge is -2.32. The van der Waals surface area contributed by atoms with Crippen LogP contribution in [0.3, 0.4) is 0 Å². The van der Waals surface area contributed by atoms with Gasteiger partial charge in [0.1, 0.15) is 5.76 Å². The quantitative estimate of drug-likeness (QED) is 0.808. The molecule has 25 heavy (non-hydrogen) atoms. The van der Waals surface area contributed by atoms with Crippen molar-refractivity contribution in [3.05, 3.63) is 58.0 Å². The fourth-order valence-corrected chi connectivity index (χ4v) is 2.70. The van der Waals surface area contributed by atoms with E-state index in [1.165, 1.54) is 12.1 Å². The Morgan fingerprint density at radius 2 is 1.92 bits per heavy atom. The number of alkyl halides is 3. The van der Waals surface area contributed by atoms with E-state index in [9.17, 15) is 23.1 Å². The highest BCUT2D eigenvalue weighted by Gasteiger charge is 2.63. The molecule has 2 heterocycles. The number of amides is 1. The monoisotopic (exact) mass is 416 g/mol. The number of hydrogen-bond donors (Lipinski definition) is 1. The van der Waals surface area contributed by atoms with E-state index in [1.807, 2.05) is 0 Å². The Balaban J connectivity index is 2.04. The van der Waals surface area contributed by atoms with Crippen molar-refractivity contribution < 1.29 is 27.5 Å². The topological polar surface area (TPSA) is 66.0 Å². The molecule has 0 spiro atoms. The van der Waals surface area contributed by atoms with E-state index >= 15 is 0 Å². The molecule has 132 valence electrons. The third-order valence-electron chi connectivity index (χ3n) is 3.76. The van der Waals surface area contributed by atoms with Gasteiger partial charge in [0.2, 0.25) is 0 Å². The zero-order valence-corrected chi connectivity index (χ0v) is 14.4. The minimum Gasteiger partial charge on any atom is -0.456 e. The van der Waals surface area contributed by atoms with Crippen LogP contribution in [0.15, 0.2) is 50.4 Å². The van der Waals surface area contributed by atoms with Crippen molar-refractivity contribution in [1.82, 2.24) is 5.01 Å². The van der Waals surface area contributed by atoms with Crippen LogP contribution in [0, 0.1) is 6.92 Å². The van der Waals surface area contributed by atoms with Crippen LogP contribution >= 0.6 is 15.9 Å². The highest BCUT2D eigenvalue weighted by atomic mass is 79.9. The Hall–Kier alpha value is -2.13. The molecule has 0 saturated heterocycles. The summed E-state index contributed by atoms with van der Waals surface area (Å²) < 4.78 is 46.2. The smallest absolute Gasteiger partial charge is 0.438 e. The number of halogens is 4. The molecule has 2 aromatic rings. The Morgan fingerprint density at radius 3 is 2.44 bits per heavy atom. The maximum absolute atomic E-state index is 13.5. The zero-order chi connectivity index (χ0) is 18.4. The van der Waals surface area contributed by atoms with E-state index in [1.54, 1.807) is 31.2 Å². The molecule has 0 aliphatic carbocycles. The lowest BCUT2D eigenvalue weighted by molar-refractivity contribution is -0.297. The summed E-state index contributed by atoms with van der Waals surface area (Å²) in [6.45, 7) is 1.55. The number of aliphatic hydroxyl groups is 1. The van der Waals surface area contributed by atoms with Gasteiger partial charge in [-0.05, 0) is 36.8 Å². The number of hydrazone groups is 1. The first-order valence-electron chi connectivity index (χ1n) is 7.15. The summed E-state index contributed by atoms with van der Waals surface area (Å²) in [5.74, 6) is -1.14. The van der Waals surface area contributed by atoms with Crippen LogP contribution < -0.4 is 0 Å². The molecule has 0 radical (unpaired) electrons. The summed E-state index contributed by atoms with van der Waals surface area (Å²) in [6, 6.07) is 9.03. The second-order valence-corrected chi connectivity index (χ2v) is 6.49. The Bertz CT molecular complexity index is 845. The number of furan rings is 1. The van der Waals surface area contributed by atoms with Crippen molar-refractivity contribution in [2.45, 2.75) is 25.2 Å². The molecule has 0 bridgehead atoms. The van der Waals surface area contributed by atoms with Crippen molar-refractivity contribution in [3.8, 4) is 0 Å². The first kappa shape index (κ1) is 17.7. The third-order valence-corrected chi connectivity index (χ3v) is 4.29. The van der Waals surface area contributed by atoms with Gasteiger partial charge < -0.3 is 9.52 Å². The fourth-order valence-electron chi connectivity index (χ4n) is 2.44. The number of benzene rings is 1. The van der Waals surface area contributed by atoms with Crippen LogP contribution in [-0.2, 0) is 0 Å². The molecule has 1 aromatic carbocycles. The summed E-state index contributed by atoms with van der Waals surface area (Å²) in [5.41, 5.74) is -3.12. The van der Waals surface area contributed by atoms with Crippen LogP contribution in [0.4, 0.5) is 13.2 Å². The van der Waals surface area contributed by atoms with E-state index < -0.39 is 24.2 Å². The van der Waals surface area contributed by atoms with E-state index in [0.29, 0.717) is 11.3 Å². The Labute approximate surface area is 148 Å². The van der Waals surface area contributed by atoms with E-state index in [0.717, 1.165) is 4.47 Å².